The van der Waals surface area contributed by atoms with Gasteiger partial charge in [0.1, 0.15) is 0 Å². The summed E-state index contributed by atoms with van der Waals surface area (Å²) < 4.78 is 2.46. The van der Waals surface area contributed by atoms with Crippen molar-refractivity contribution in [2.45, 2.75) is 22.5 Å². The second-order valence-electron chi connectivity index (χ2n) is 13.2. The molecule has 8 aromatic rings. The molecule has 0 N–H and O–H groups in total. The molecule has 0 bridgehead atoms. The molecule has 1 aliphatic heterocycles. The minimum atomic E-state index is 0.0233. The molecule has 6 aromatic carbocycles. The second kappa shape index (κ2) is 10.9. The van der Waals surface area contributed by atoms with Crippen LogP contribution < -0.4 is 0 Å². The smallest absolute Gasteiger partial charge is 0.160 e. The predicted octanol–water partition coefficient (Wildman–Crippen LogP) is 11.8. The monoisotopic (exact) mass is 645 g/mol. The quantitative estimate of drug-likeness (QED) is 0.191. The van der Waals surface area contributed by atoms with Crippen LogP contribution in [0.3, 0.4) is 0 Å². The summed E-state index contributed by atoms with van der Waals surface area (Å²) >= 11 is 1.99. The Morgan fingerprint density at radius 2 is 1.35 bits per heavy atom. The summed E-state index contributed by atoms with van der Waals surface area (Å²) in [6.45, 7) is 2.36. The Hall–Kier alpha value is -5.71. The molecule has 2 aliphatic rings. The van der Waals surface area contributed by atoms with Crippen molar-refractivity contribution in [2.24, 2.45) is 0 Å². The van der Waals surface area contributed by atoms with E-state index < -0.39 is 0 Å². The van der Waals surface area contributed by atoms with Crippen LogP contribution >= 0.6 is 11.8 Å². The van der Waals surface area contributed by atoms with Crippen LogP contribution in [-0.2, 0) is 0 Å². The van der Waals surface area contributed by atoms with Gasteiger partial charge >= 0.3 is 0 Å². The van der Waals surface area contributed by atoms with E-state index in [1.807, 2.05) is 23.9 Å². The van der Waals surface area contributed by atoms with E-state index in [-0.39, 0.29) is 4.75 Å². The summed E-state index contributed by atoms with van der Waals surface area (Å²) in [7, 11) is 0. The number of thioether (sulfide) groups is 1. The molecule has 3 nitrogen and oxygen atoms in total. The van der Waals surface area contributed by atoms with Crippen LogP contribution in [0.5, 0.6) is 0 Å². The van der Waals surface area contributed by atoms with Gasteiger partial charge in [-0.3, -0.25) is 0 Å². The summed E-state index contributed by atoms with van der Waals surface area (Å²) in [4.78, 5) is 11.7. The highest BCUT2D eigenvalue weighted by molar-refractivity contribution is 8.01. The third kappa shape index (κ3) is 4.52. The zero-order valence-electron chi connectivity index (χ0n) is 26.9. The number of para-hydroxylation sites is 1. The molecule has 0 amide bonds. The Bertz CT molecular complexity index is 2650. The van der Waals surface area contributed by atoms with Gasteiger partial charge in [-0.15, -0.1) is 11.8 Å². The molecule has 232 valence electrons. The number of rotatable bonds is 4. The zero-order valence-corrected chi connectivity index (χ0v) is 27.7. The third-order valence-electron chi connectivity index (χ3n) is 10.1. The van der Waals surface area contributed by atoms with Gasteiger partial charge in [-0.1, -0.05) is 121 Å². The maximum atomic E-state index is 5.20. The Kier molecular flexibility index (Phi) is 6.30. The van der Waals surface area contributed by atoms with Crippen molar-refractivity contribution in [2.75, 3.05) is 0 Å². The van der Waals surface area contributed by atoms with Crippen molar-refractivity contribution in [3.63, 3.8) is 0 Å². The molecule has 0 fully saturated rings. The van der Waals surface area contributed by atoms with Crippen LogP contribution in [0.1, 0.15) is 18.4 Å². The molecule has 2 unspecified atom stereocenters. The Balaban J connectivity index is 1.20. The van der Waals surface area contributed by atoms with Gasteiger partial charge in [0, 0.05) is 48.5 Å². The van der Waals surface area contributed by atoms with Crippen LogP contribution in [0.4, 0.5) is 0 Å². The molecular weight excluding hydrogens is 615 g/mol. The van der Waals surface area contributed by atoms with Crippen LogP contribution in [0.25, 0.3) is 72.2 Å². The van der Waals surface area contributed by atoms with E-state index in [0.29, 0.717) is 5.92 Å². The molecule has 0 spiro atoms. The van der Waals surface area contributed by atoms with Crippen molar-refractivity contribution in [1.82, 2.24) is 14.5 Å². The SMILES string of the molecule is CC12C=CC=CC1c1cc3c(cc1S2)c1cc(-c2ccccc2)ccc1n3-c1cccc(-c2nc(-c3ccccc3)c3ccccc3n2)c1. The van der Waals surface area contributed by atoms with Crippen molar-refractivity contribution in [3.05, 3.63) is 169 Å². The lowest BCUT2D eigenvalue weighted by molar-refractivity contribution is 0.702. The molecule has 2 aromatic heterocycles. The number of nitrogens with zero attached hydrogens (tertiary/aromatic N) is 3. The lowest BCUT2D eigenvalue weighted by Crippen LogP contribution is -2.22. The first-order valence-electron chi connectivity index (χ1n) is 16.8. The number of hydrogen-bond donors (Lipinski definition) is 0. The number of hydrogen-bond acceptors (Lipinski definition) is 3. The average molecular weight is 646 g/mol. The molecule has 1 aliphatic carbocycles. The number of aromatic nitrogens is 3. The molecule has 2 atom stereocenters. The number of benzene rings is 6. The minimum absolute atomic E-state index is 0.0233. The second-order valence-corrected chi connectivity index (χ2v) is 14.7. The Morgan fingerprint density at radius 1 is 0.592 bits per heavy atom. The van der Waals surface area contributed by atoms with Gasteiger partial charge in [-0.2, -0.15) is 0 Å². The molecular formula is C45H31N3S. The van der Waals surface area contributed by atoms with Crippen LogP contribution in [-0.4, -0.2) is 19.3 Å². The van der Waals surface area contributed by atoms with Crippen LogP contribution in [0, 0.1) is 0 Å². The minimum Gasteiger partial charge on any atom is -0.309 e. The maximum absolute atomic E-state index is 5.20. The first-order chi connectivity index (χ1) is 24.1. The first kappa shape index (κ1) is 28.3. The summed E-state index contributed by atoms with van der Waals surface area (Å²) in [5.41, 5.74) is 11.3. The molecule has 49 heavy (non-hydrogen) atoms. The Labute approximate surface area is 289 Å². The third-order valence-corrected chi connectivity index (χ3v) is 11.5. The van der Waals surface area contributed by atoms with Gasteiger partial charge in [0.2, 0.25) is 0 Å². The van der Waals surface area contributed by atoms with Crippen molar-refractivity contribution >= 4 is 44.5 Å². The van der Waals surface area contributed by atoms with Crippen molar-refractivity contribution in [3.8, 4) is 39.5 Å². The highest BCUT2D eigenvalue weighted by Crippen LogP contribution is 2.57. The average Bonchev–Trinajstić information content (AvgIpc) is 3.64. The van der Waals surface area contributed by atoms with Crippen LogP contribution in [0.15, 0.2) is 169 Å². The van der Waals surface area contributed by atoms with Gasteiger partial charge in [-0.05, 0) is 66.1 Å². The predicted molar refractivity (Wildman–Crippen MR) is 205 cm³/mol. The van der Waals surface area contributed by atoms with E-state index in [1.165, 1.54) is 43.4 Å². The van der Waals surface area contributed by atoms with Gasteiger partial charge in [-0.25, -0.2) is 9.97 Å². The van der Waals surface area contributed by atoms with Crippen molar-refractivity contribution < 1.29 is 0 Å². The number of allylic oxidation sites excluding steroid dienone is 3. The zero-order chi connectivity index (χ0) is 32.5. The van der Waals surface area contributed by atoms with E-state index >= 15 is 0 Å². The van der Waals surface area contributed by atoms with E-state index in [1.54, 1.807) is 0 Å². The molecule has 0 radical (unpaired) electrons. The van der Waals surface area contributed by atoms with E-state index in [9.17, 15) is 0 Å². The molecule has 0 saturated heterocycles. The maximum Gasteiger partial charge on any atom is 0.160 e. The normalized spacial score (nSPS) is 17.9. The number of fused-ring (bicyclic) bond motifs is 7. The Morgan fingerprint density at radius 3 is 2.20 bits per heavy atom. The topological polar surface area (TPSA) is 30.7 Å². The van der Waals surface area contributed by atoms with E-state index in [4.69, 9.17) is 9.97 Å². The van der Waals surface area contributed by atoms with E-state index in [0.717, 1.165) is 39.2 Å². The lowest BCUT2D eigenvalue weighted by atomic mass is 9.83. The largest absolute Gasteiger partial charge is 0.309 e. The summed E-state index contributed by atoms with van der Waals surface area (Å²) in [6, 6.07) is 49.9. The molecule has 3 heterocycles. The molecule has 4 heteroatoms. The van der Waals surface area contributed by atoms with E-state index in [2.05, 4.69) is 163 Å². The first-order valence-corrected chi connectivity index (χ1v) is 17.6. The fourth-order valence-corrected chi connectivity index (χ4v) is 9.18. The van der Waals surface area contributed by atoms with Crippen molar-refractivity contribution in [1.29, 1.82) is 0 Å². The highest BCUT2D eigenvalue weighted by Gasteiger charge is 2.41. The lowest BCUT2D eigenvalue weighted by Gasteiger charge is -2.27. The summed E-state index contributed by atoms with van der Waals surface area (Å²) in [6.07, 6.45) is 9.13. The summed E-state index contributed by atoms with van der Waals surface area (Å²) in [5, 5.41) is 3.58. The fourth-order valence-electron chi connectivity index (χ4n) is 7.75. The van der Waals surface area contributed by atoms with Crippen LogP contribution in [0.2, 0.25) is 0 Å². The molecule has 10 rings (SSSR count). The molecule has 0 saturated carbocycles. The highest BCUT2D eigenvalue weighted by atomic mass is 32.2. The van der Waals surface area contributed by atoms with Gasteiger partial charge < -0.3 is 4.57 Å². The van der Waals surface area contributed by atoms with Gasteiger partial charge in [0.05, 0.1) is 22.2 Å². The van der Waals surface area contributed by atoms with Gasteiger partial charge in [0.25, 0.3) is 0 Å². The fraction of sp³-hybridized carbons (Fsp3) is 0.0667. The summed E-state index contributed by atoms with van der Waals surface area (Å²) in [5.74, 6) is 1.06. The standard InChI is InChI=1S/C45H31N3S/c1-45-24-11-10-20-38(45)37-27-41-36(28-42(37)49-45)35-26-31(29-13-4-2-5-14-29)22-23-40(35)48(41)33-18-12-17-32(25-33)44-46-39-21-9-8-19-34(39)43(47-44)30-15-6-3-7-16-30/h2-28,38H,1H3. The van der Waals surface area contributed by atoms with Gasteiger partial charge in [0.15, 0.2) is 5.82 Å².